The number of hydrogen-bond donors (Lipinski definition) is 2. The third-order valence-corrected chi connectivity index (χ3v) is 3.17. The van der Waals surface area contributed by atoms with Crippen molar-refractivity contribution in [2.45, 2.75) is 19.8 Å². The maximum absolute atomic E-state index is 13.1. The van der Waals surface area contributed by atoms with Gasteiger partial charge in [0.15, 0.2) is 0 Å². The lowest BCUT2D eigenvalue weighted by Crippen LogP contribution is -2.34. The Morgan fingerprint density at radius 1 is 1.39 bits per heavy atom. The highest BCUT2D eigenvalue weighted by atomic mass is 35.5. The Bertz CT molecular complexity index is 419. The van der Waals surface area contributed by atoms with Crippen LogP contribution in [0.3, 0.4) is 0 Å². The van der Waals surface area contributed by atoms with E-state index in [9.17, 15) is 9.18 Å². The van der Waals surface area contributed by atoms with Gasteiger partial charge in [-0.15, -0.1) is 12.4 Å². The molecule has 0 bridgehead atoms. The summed E-state index contributed by atoms with van der Waals surface area (Å²) in [4.78, 5) is 12.0. The Labute approximate surface area is 113 Å². The summed E-state index contributed by atoms with van der Waals surface area (Å²) in [5.74, 6) is -0.282. The third-order valence-electron chi connectivity index (χ3n) is 3.17. The maximum Gasteiger partial charge on any atom is 0.227 e. The van der Waals surface area contributed by atoms with E-state index in [0.29, 0.717) is 5.69 Å². The number of piperidine rings is 1. The van der Waals surface area contributed by atoms with Gasteiger partial charge in [-0.05, 0) is 50.6 Å². The first-order valence-electron chi connectivity index (χ1n) is 5.94. The fraction of sp³-hybridized carbons (Fsp3) is 0.462. The lowest BCUT2D eigenvalue weighted by molar-refractivity contribution is -0.120. The van der Waals surface area contributed by atoms with Crippen LogP contribution in [-0.2, 0) is 4.79 Å². The normalized spacial score (nSPS) is 15.9. The first kappa shape index (κ1) is 14.9. The monoisotopic (exact) mass is 272 g/mol. The van der Waals surface area contributed by atoms with Crippen LogP contribution in [0, 0.1) is 18.7 Å². The minimum atomic E-state index is -0.323. The van der Waals surface area contributed by atoms with E-state index < -0.39 is 0 Å². The molecule has 0 saturated carbocycles. The van der Waals surface area contributed by atoms with Gasteiger partial charge in [0, 0.05) is 11.6 Å². The number of anilines is 1. The van der Waals surface area contributed by atoms with E-state index in [2.05, 4.69) is 10.6 Å². The summed E-state index contributed by atoms with van der Waals surface area (Å²) in [5.41, 5.74) is 1.46. The molecule has 2 N–H and O–H groups in total. The lowest BCUT2D eigenvalue weighted by atomic mass is 9.97. The van der Waals surface area contributed by atoms with Gasteiger partial charge in [0.1, 0.15) is 5.82 Å². The van der Waals surface area contributed by atoms with E-state index in [0.717, 1.165) is 31.5 Å². The van der Waals surface area contributed by atoms with Gasteiger partial charge in [0.2, 0.25) is 5.91 Å². The number of hydrogen-bond acceptors (Lipinski definition) is 2. The Kier molecular flexibility index (Phi) is 5.56. The zero-order valence-corrected chi connectivity index (χ0v) is 11.1. The minimum absolute atomic E-state index is 0. The average Bonchev–Trinajstić information content (AvgIpc) is 2.35. The zero-order valence-electron chi connectivity index (χ0n) is 10.3. The van der Waals surface area contributed by atoms with Crippen molar-refractivity contribution in [3.63, 3.8) is 0 Å². The molecule has 18 heavy (non-hydrogen) atoms. The Hall–Kier alpha value is -1.13. The molecule has 1 aromatic carbocycles. The largest absolute Gasteiger partial charge is 0.326 e. The first-order chi connectivity index (χ1) is 8.16. The van der Waals surface area contributed by atoms with Crippen LogP contribution in [-0.4, -0.2) is 19.0 Å². The standard InChI is InChI=1S/C13H17FN2O.ClH/c1-9-2-3-11(14)8-12(9)16-13(17)10-4-6-15-7-5-10;/h2-3,8,10,15H,4-7H2,1H3,(H,16,17);1H. The van der Waals surface area contributed by atoms with Gasteiger partial charge in [-0.25, -0.2) is 4.39 Å². The highest BCUT2D eigenvalue weighted by Gasteiger charge is 2.21. The van der Waals surface area contributed by atoms with Crippen LogP contribution in [0.1, 0.15) is 18.4 Å². The van der Waals surface area contributed by atoms with Gasteiger partial charge in [0.05, 0.1) is 0 Å². The molecule has 1 amide bonds. The molecular weight excluding hydrogens is 255 g/mol. The van der Waals surface area contributed by atoms with Gasteiger partial charge in [-0.1, -0.05) is 6.07 Å². The average molecular weight is 273 g/mol. The molecule has 0 aromatic heterocycles. The Morgan fingerprint density at radius 3 is 2.72 bits per heavy atom. The van der Waals surface area contributed by atoms with Gasteiger partial charge < -0.3 is 10.6 Å². The molecule has 1 aliphatic heterocycles. The molecule has 1 aromatic rings. The SMILES string of the molecule is Cc1ccc(F)cc1NC(=O)C1CCNCC1.Cl. The third kappa shape index (κ3) is 3.68. The van der Waals surface area contributed by atoms with E-state index in [-0.39, 0.29) is 30.0 Å². The van der Waals surface area contributed by atoms with Crippen LogP contribution in [0.5, 0.6) is 0 Å². The molecule has 1 aliphatic rings. The molecule has 5 heteroatoms. The summed E-state index contributed by atoms with van der Waals surface area (Å²) < 4.78 is 13.1. The van der Waals surface area contributed by atoms with E-state index >= 15 is 0 Å². The van der Waals surface area contributed by atoms with Crippen molar-refractivity contribution >= 4 is 24.0 Å². The first-order valence-corrected chi connectivity index (χ1v) is 5.94. The summed E-state index contributed by atoms with van der Waals surface area (Å²) in [7, 11) is 0. The summed E-state index contributed by atoms with van der Waals surface area (Å²) in [6, 6.07) is 4.44. The predicted molar refractivity (Wildman–Crippen MR) is 72.6 cm³/mol. The Balaban J connectivity index is 0.00000162. The highest BCUT2D eigenvalue weighted by Crippen LogP contribution is 2.19. The number of carbonyl (C=O) groups excluding carboxylic acids is 1. The van der Waals surface area contributed by atoms with Crippen LogP contribution < -0.4 is 10.6 Å². The fourth-order valence-electron chi connectivity index (χ4n) is 2.05. The van der Waals surface area contributed by atoms with Gasteiger partial charge in [-0.2, -0.15) is 0 Å². The molecule has 0 spiro atoms. The van der Waals surface area contributed by atoms with Gasteiger partial charge in [0.25, 0.3) is 0 Å². The van der Waals surface area contributed by atoms with Crippen molar-refractivity contribution in [3.8, 4) is 0 Å². The van der Waals surface area contributed by atoms with Gasteiger partial charge in [-0.3, -0.25) is 4.79 Å². The van der Waals surface area contributed by atoms with Crippen LogP contribution in [0.2, 0.25) is 0 Å². The number of carbonyl (C=O) groups is 1. The van der Waals surface area contributed by atoms with E-state index in [1.54, 1.807) is 6.07 Å². The van der Waals surface area contributed by atoms with E-state index in [4.69, 9.17) is 0 Å². The van der Waals surface area contributed by atoms with Crippen LogP contribution >= 0.6 is 12.4 Å². The van der Waals surface area contributed by atoms with Crippen LogP contribution in [0.15, 0.2) is 18.2 Å². The molecule has 0 unspecified atom stereocenters. The number of halogens is 2. The molecule has 1 saturated heterocycles. The summed E-state index contributed by atoms with van der Waals surface area (Å²) in [6.45, 7) is 3.61. The van der Waals surface area contributed by atoms with Crippen LogP contribution in [0.4, 0.5) is 10.1 Å². The zero-order chi connectivity index (χ0) is 12.3. The number of rotatable bonds is 2. The summed E-state index contributed by atoms with van der Waals surface area (Å²) in [5, 5.41) is 6.03. The number of aryl methyl sites for hydroxylation is 1. The molecular formula is C13H18ClFN2O. The van der Waals surface area contributed by atoms with Crippen LogP contribution in [0.25, 0.3) is 0 Å². The maximum atomic E-state index is 13.1. The second kappa shape index (κ2) is 6.71. The summed E-state index contributed by atoms with van der Waals surface area (Å²) >= 11 is 0. The molecule has 0 radical (unpaired) electrons. The van der Waals surface area contributed by atoms with Crippen molar-refractivity contribution < 1.29 is 9.18 Å². The van der Waals surface area contributed by atoms with Crippen molar-refractivity contribution in [1.29, 1.82) is 0 Å². The fourth-order valence-corrected chi connectivity index (χ4v) is 2.05. The van der Waals surface area contributed by atoms with Crippen molar-refractivity contribution in [1.82, 2.24) is 5.32 Å². The second-order valence-electron chi connectivity index (χ2n) is 4.47. The van der Waals surface area contributed by atoms with Crippen molar-refractivity contribution in [2.24, 2.45) is 5.92 Å². The Morgan fingerprint density at radius 2 is 2.06 bits per heavy atom. The van der Waals surface area contributed by atoms with Crippen molar-refractivity contribution in [3.05, 3.63) is 29.6 Å². The molecule has 0 atom stereocenters. The van der Waals surface area contributed by atoms with Gasteiger partial charge >= 0.3 is 0 Å². The molecule has 0 aliphatic carbocycles. The van der Waals surface area contributed by atoms with Crippen molar-refractivity contribution in [2.75, 3.05) is 18.4 Å². The second-order valence-corrected chi connectivity index (χ2v) is 4.47. The topological polar surface area (TPSA) is 41.1 Å². The number of nitrogens with one attached hydrogen (secondary N) is 2. The summed E-state index contributed by atoms with van der Waals surface area (Å²) in [6.07, 6.45) is 1.69. The molecule has 1 fully saturated rings. The lowest BCUT2D eigenvalue weighted by Gasteiger charge is -2.22. The molecule has 100 valence electrons. The minimum Gasteiger partial charge on any atom is -0.326 e. The number of benzene rings is 1. The number of amides is 1. The predicted octanol–water partition coefficient (Wildman–Crippen LogP) is 2.49. The molecule has 2 rings (SSSR count). The highest BCUT2D eigenvalue weighted by molar-refractivity contribution is 5.93. The molecule has 3 nitrogen and oxygen atoms in total. The smallest absolute Gasteiger partial charge is 0.227 e. The van der Waals surface area contributed by atoms with E-state index in [1.165, 1.54) is 12.1 Å². The van der Waals surface area contributed by atoms with E-state index in [1.807, 2.05) is 6.92 Å². The molecule has 1 heterocycles. The quantitative estimate of drug-likeness (QED) is 0.869.